The lowest BCUT2D eigenvalue weighted by atomic mass is 10.1. The maximum absolute atomic E-state index is 12.4. The Morgan fingerprint density at radius 3 is 2.71 bits per heavy atom. The van der Waals surface area contributed by atoms with Crippen molar-refractivity contribution in [1.82, 2.24) is 20.1 Å². The standard InChI is InChI=1S/C21H23ClN4OS/c1-4-26-20(18-11-6-5-8-14(18)2)24-25-21(26)28-13-19(27)23-15(3)16-9-7-10-17(22)12-16/h5-12,15H,4,13H2,1-3H3,(H,23,27). The number of thioether (sulfide) groups is 1. The first-order chi connectivity index (χ1) is 13.5. The highest BCUT2D eigenvalue weighted by Gasteiger charge is 2.16. The van der Waals surface area contributed by atoms with Gasteiger partial charge in [-0.15, -0.1) is 10.2 Å². The molecule has 1 heterocycles. The average Bonchev–Trinajstić information content (AvgIpc) is 3.09. The molecular weight excluding hydrogens is 392 g/mol. The molecule has 1 amide bonds. The van der Waals surface area contributed by atoms with Gasteiger partial charge in [-0.3, -0.25) is 4.79 Å². The summed E-state index contributed by atoms with van der Waals surface area (Å²) in [7, 11) is 0. The zero-order chi connectivity index (χ0) is 20.1. The lowest BCUT2D eigenvalue weighted by Gasteiger charge is -2.14. The van der Waals surface area contributed by atoms with Gasteiger partial charge in [0.1, 0.15) is 0 Å². The van der Waals surface area contributed by atoms with Crippen LogP contribution in [0.25, 0.3) is 11.4 Å². The summed E-state index contributed by atoms with van der Waals surface area (Å²) in [6.45, 7) is 6.79. The van der Waals surface area contributed by atoms with Gasteiger partial charge in [-0.2, -0.15) is 0 Å². The van der Waals surface area contributed by atoms with Crippen molar-refractivity contribution in [1.29, 1.82) is 0 Å². The van der Waals surface area contributed by atoms with Crippen LogP contribution in [0.3, 0.4) is 0 Å². The van der Waals surface area contributed by atoms with Crippen LogP contribution in [0, 0.1) is 6.92 Å². The third-order valence-electron chi connectivity index (χ3n) is 4.48. The quantitative estimate of drug-likeness (QED) is 0.559. The van der Waals surface area contributed by atoms with Gasteiger partial charge in [0.15, 0.2) is 11.0 Å². The van der Waals surface area contributed by atoms with Crippen LogP contribution in [0.4, 0.5) is 0 Å². The van der Waals surface area contributed by atoms with E-state index in [2.05, 4.69) is 35.4 Å². The summed E-state index contributed by atoms with van der Waals surface area (Å²) in [4.78, 5) is 12.4. The van der Waals surface area contributed by atoms with Crippen LogP contribution in [-0.2, 0) is 11.3 Å². The SMILES string of the molecule is CCn1c(SCC(=O)NC(C)c2cccc(Cl)c2)nnc1-c1ccccc1C. The van der Waals surface area contributed by atoms with E-state index in [0.29, 0.717) is 5.02 Å². The van der Waals surface area contributed by atoms with E-state index in [4.69, 9.17) is 11.6 Å². The van der Waals surface area contributed by atoms with Gasteiger partial charge in [-0.1, -0.05) is 59.8 Å². The number of benzene rings is 2. The summed E-state index contributed by atoms with van der Waals surface area (Å²) >= 11 is 7.42. The molecule has 3 aromatic rings. The fourth-order valence-corrected chi connectivity index (χ4v) is 3.99. The monoisotopic (exact) mass is 414 g/mol. The molecule has 0 aliphatic rings. The Balaban J connectivity index is 1.66. The average molecular weight is 415 g/mol. The fraction of sp³-hybridized carbons (Fsp3) is 0.286. The summed E-state index contributed by atoms with van der Waals surface area (Å²) in [6.07, 6.45) is 0. The third kappa shape index (κ3) is 4.75. The molecule has 0 saturated heterocycles. The second-order valence-electron chi connectivity index (χ2n) is 6.50. The Kier molecular flexibility index (Phi) is 6.75. The number of amides is 1. The van der Waals surface area contributed by atoms with Crippen LogP contribution in [0.15, 0.2) is 53.7 Å². The van der Waals surface area contributed by atoms with E-state index in [1.165, 1.54) is 11.8 Å². The van der Waals surface area contributed by atoms with Crippen molar-refractivity contribution in [3.8, 4) is 11.4 Å². The number of carbonyl (C=O) groups excluding carboxylic acids is 1. The van der Waals surface area contributed by atoms with E-state index in [0.717, 1.165) is 34.2 Å². The van der Waals surface area contributed by atoms with Gasteiger partial charge in [-0.25, -0.2) is 0 Å². The van der Waals surface area contributed by atoms with Gasteiger partial charge in [0.05, 0.1) is 11.8 Å². The first-order valence-corrected chi connectivity index (χ1v) is 10.5. The molecule has 0 saturated carbocycles. The summed E-state index contributed by atoms with van der Waals surface area (Å²) in [5.41, 5.74) is 3.18. The van der Waals surface area contributed by atoms with E-state index in [-0.39, 0.29) is 17.7 Å². The van der Waals surface area contributed by atoms with E-state index < -0.39 is 0 Å². The molecular formula is C21H23ClN4OS. The molecule has 1 unspecified atom stereocenters. The van der Waals surface area contributed by atoms with Gasteiger partial charge in [0.25, 0.3) is 0 Å². The van der Waals surface area contributed by atoms with Gasteiger partial charge < -0.3 is 9.88 Å². The molecule has 28 heavy (non-hydrogen) atoms. The fourth-order valence-electron chi connectivity index (χ4n) is 2.98. The van der Waals surface area contributed by atoms with Crippen molar-refractivity contribution >= 4 is 29.3 Å². The number of nitrogens with zero attached hydrogens (tertiary/aromatic N) is 3. The lowest BCUT2D eigenvalue weighted by molar-refractivity contribution is -0.119. The number of aryl methyl sites for hydroxylation is 1. The van der Waals surface area contributed by atoms with Crippen LogP contribution in [0.1, 0.15) is 31.0 Å². The van der Waals surface area contributed by atoms with Crippen molar-refractivity contribution in [2.75, 3.05) is 5.75 Å². The van der Waals surface area contributed by atoms with Gasteiger partial charge in [-0.05, 0) is 44.0 Å². The number of hydrogen-bond donors (Lipinski definition) is 1. The highest BCUT2D eigenvalue weighted by molar-refractivity contribution is 7.99. The highest BCUT2D eigenvalue weighted by Crippen LogP contribution is 2.26. The van der Waals surface area contributed by atoms with Crippen LogP contribution in [0.5, 0.6) is 0 Å². The van der Waals surface area contributed by atoms with Gasteiger partial charge in [0, 0.05) is 17.1 Å². The Labute approximate surface area is 174 Å². The van der Waals surface area contributed by atoms with Gasteiger partial charge >= 0.3 is 0 Å². The number of aromatic nitrogens is 3. The third-order valence-corrected chi connectivity index (χ3v) is 5.68. The largest absolute Gasteiger partial charge is 0.349 e. The van der Waals surface area contributed by atoms with E-state index in [1.54, 1.807) is 0 Å². The Morgan fingerprint density at radius 2 is 2.00 bits per heavy atom. The zero-order valence-corrected chi connectivity index (χ0v) is 17.7. The van der Waals surface area contributed by atoms with E-state index in [9.17, 15) is 4.79 Å². The molecule has 1 atom stereocenters. The van der Waals surface area contributed by atoms with Crippen LogP contribution >= 0.6 is 23.4 Å². The molecule has 3 rings (SSSR count). The number of rotatable bonds is 7. The second-order valence-corrected chi connectivity index (χ2v) is 7.88. The number of nitrogens with one attached hydrogen (secondary N) is 1. The Bertz CT molecular complexity index is 973. The number of halogens is 1. The molecule has 0 fully saturated rings. The maximum Gasteiger partial charge on any atom is 0.230 e. The van der Waals surface area contributed by atoms with Crippen LogP contribution in [-0.4, -0.2) is 26.4 Å². The second kappa shape index (κ2) is 9.26. The molecule has 146 valence electrons. The summed E-state index contributed by atoms with van der Waals surface area (Å²) in [5.74, 6) is 1.05. The van der Waals surface area contributed by atoms with E-state index in [1.807, 2.05) is 54.0 Å². The predicted octanol–water partition coefficient (Wildman–Crippen LogP) is 4.90. The molecule has 1 N–H and O–H groups in total. The molecule has 2 aromatic carbocycles. The molecule has 1 aromatic heterocycles. The van der Waals surface area contributed by atoms with Crippen molar-refractivity contribution < 1.29 is 4.79 Å². The number of hydrogen-bond acceptors (Lipinski definition) is 4. The highest BCUT2D eigenvalue weighted by atomic mass is 35.5. The Hall–Kier alpha value is -2.31. The normalized spacial score (nSPS) is 12.0. The number of carbonyl (C=O) groups is 1. The summed E-state index contributed by atoms with van der Waals surface area (Å²) in [6, 6.07) is 15.5. The summed E-state index contributed by atoms with van der Waals surface area (Å²) < 4.78 is 2.04. The van der Waals surface area contributed by atoms with Crippen molar-refractivity contribution in [2.45, 2.75) is 38.5 Å². The minimum absolute atomic E-state index is 0.0550. The lowest BCUT2D eigenvalue weighted by Crippen LogP contribution is -2.28. The van der Waals surface area contributed by atoms with Crippen molar-refractivity contribution in [2.24, 2.45) is 0 Å². The maximum atomic E-state index is 12.4. The van der Waals surface area contributed by atoms with Crippen LogP contribution < -0.4 is 5.32 Å². The molecule has 0 radical (unpaired) electrons. The molecule has 0 spiro atoms. The zero-order valence-electron chi connectivity index (χ0n) is 16.1. The topological polar surface area (TPSA) is 59.8 Å². The minimum atomic E-state index is -0.113. The van der Waals surface area contributed by atoms with E-state index >= 15 is 0 Å². The molecule has 5 nitrogen and oxygen atoms in total. The van der Waals surface area contributed by atoms with Gasteiger partial charge in [0.2, 0.25) is 5.91 Å². The Morgan fingerprint density at radius 1 is 1.21 bits per heavy atom. The van der Waals surface area contributed by atoms with Crippen molar-refractivity contribution in [3.63, 3.8) is 0 Å². The van der Waals surface area contributed by atoms with Crippen LogP contribution in [0.2, 0.25) is 5.02 Å². The summed E-state index contributed by atoms with van der Waals surface area (Å²) in [5, 5.41) is 13.1. The smallest absolute Gasteiger partial charge is 0.230 e. The molecule has 0 aliphatic heterocycles. The molecule has 7 heteroatoms. The first kappa shape index (κ1) is 20.4. The predicted molar refractivity (Wildman–Crippen MR) is 115 cm³/mol. The first-order valence-electron chi connectivity index (χ1n) is 9.16. The minimum Gasteiger partial charge on any atom is -0.349 e. The molecule has 0 aliphatic carbocycles. The molecule has 0 bridgehead atoms. The van der Waals surface area contributed by atoms with Crippen molar-refractivity contribution in [3.05, 3.63) is 64.7 Å².